The zero-order valence-corrected chi connectivity index (χ0v) is 22.5. The fraction of sp³-hybridized carbons (Fsp3) is 0. The van der Waals surface area contributed by atoms with Gasteiger partial charge in [0.25, 0.3) is 0 Å². The minimum absolute atomic E-state index is 0. The molecule has 0 atom stereocenters. The van der Waals surface area contributed by atoms with Crippen molar-refractivity contribution in [1.29, 1.82) is 0 Å². The zero-order valence-electron chi connectivity index (χ0n) is 17.5. The maximum atomic E-state index is 2.39. The van der Waals surface area contributed by atoms with Crippen LogP contribution in [0.4, 0.5) is 0 Å². The molecule has 152 valence electrons. The van der Waals surface area contributed by atoms with Gasteiger partial charge in [0.2, 0.25) is 0 Å². The van der Waals surface area contributed by atoms with E-state index in [-0.39, 0.29) is 24.0 Å². The van der Waals surface area contributed by atoms with Crippen LogP contribution in [0.1, 0.15) is 0 Å². The average molecular weight is 627 g/mol. The topological polar surface area (TPSA) is 0 Å². The second-order valence-electron chi connectivity index (χ2n) is 7.96. The summed E-state index contributed by atoms with van der Waals surface area (Å²) in [5.41, 5.74) is 0. The van der Waals surface area contributed by atoms with Gasteiger partial charge < -0.3 is 24.0 Å². The van der Waals surface area contributed by atoms with Gasteiger partial charge in [-0.2, -0.15) is 0 Å². The molecule has 0 bridgehead atoms. The second kappa shape index (κ2) is 9.24. The van der Waals surface area contributed by atoms with E-state index >= 15 is 0 Å². The Morgan fingerprint density at radius 1 is 0.312 bits per heavy atom. The molecule has 2 heteroatoms. The molecule has 0 fully saturated rings. The van der Waals surface area contributed by atoms with Crippen LogP contribution in [0.25, 0.3) is 32.3 Å². The van der Waals surface area contributed by atoms with Crippen molar-refractivity contribution < 1.29 is 24.0 Å². The number of hydrogen-bond acceptors (Lipinski definition) is 0. The minimum atomic E-state index is -2.55. The molecule has 0 heterocycles. The van der Waals surface area contributed by atoms with Gasteiger partial charge in [0.15, 0.2) is 0 Å². The van der Waals surface area contributed by atoms with Crippen molar-refractivity contribution in [3.05, 3.63) is 127 Å². The number of benzene rings is 6. The van der Waals surface area contributed by atoms with Crippen LogP contribution in [0.5, 0.6) is 0 Å². The summed E-state index contributed by atoms with van der Waals surface area (Å²) in [5, 5.41) is 8.21. The molecule has 0 aliphatic carbocycles. The summed E-state index contributed by atoms with van der Waals surface area (Å²) in [6.45, 7) is 0. The maximum absolute atomic E-state index is 2.55. The van der Waals surface area contributed by atoms with Crippen LogP contribution in [-0.4, -0.2) is 19.8 Å². The molecule has 0 amide bonds. The molecule has 6 aromatic carbocycles. The Morgan fingerprint density at radius 3 is 0.938 bits per heavy atom. The summed E-state index contributed by atoms with van der Waals surface area (Å²) in [4.78, 5) is 0. The molecule has 6 aromatic rings. The second-order valence-corrected chi connectivity index (χ2v) is 14.7. The normalized spacial score (nSPS) is 10.9. The molecular formula is C30H21ISn. The van der Waals surface area contributed by atoms with Gasteiger partial charge >= 0.3 is 190 Å². The van der Waals surface area contributed by atoms with Crippen molar-refractivity contribution in [3.8, 4) is 0 Å². The Morgan fingerprint density at radius 2 is 0.594 bits per heavy atom. The first-order valence-corrected chi connectivity index (χ1v) is 15.0. The Kier molecular flexibility index (Phi) is 6.20. The van der Waals surface area contributed by atoms with Crippen molar-refractivity contribution in [3.63, 3.8) is 0 Å². The van der Waals surface area contributed by atoms with E-state index in [1.807, 2.05) is 0 Å². The predicted octanol–water partition coefficient (Wildman–Crippen LogP) is 2.67. The first-order chi connectivity index (χ1) is 15.4. The van der Waals surface area contributed by atoms with E-state index < -0.39 is 19.8 Å². The first-order valence-electron chi connectivity index (χ1n) is 10.7. The molecule has 0 spiro atoms. The molecule has 0 radical (unpaired) electrons. The van der Waals surface area contributed by atoms with Crippen LogP contribution in [0.3, 0.4) is 0 Å². The van der Waals surface area contributed by atoms with Crippen LogP contribution in [0, 0.1) is 0 Å². The van der Waals surface area contributed by atoms with Crippen LogP contribution < -0.4 is 34.7 Å². The molecule has 0 aliphatic heterocycles. The number of fused-ring (bicyclic) bond motifs is 3. The third kappa shape index (κ3) is 3.71. The van der Waals surface area contributed by atoms with Crippen LogP contribution in [0.2, 0.25) is 0 Å². The van der Waals surface area contributed by atoms with Crippen LogP contribution in [-0.2, 0) is 0 Å². The predicted molar refractivity (Wildman–Crippen MR) is 136 cm³/mol. The van der Waals surface area contributed by atoms with Gasteiger partial charge in [-0.3, -0.25) is 0 Å². The summed E-state index contributed by atoms with van der Waals surface area (Å²) in [7, 11) is 0. The van der Waals surface area contributed by atoms with E-state index in [1.165, 1.54) is 32.3 Å². The molecule has 0 saturated carbocycles. The molecule has 0 aromatic heterocycles. The molecule has 0 aliphatic rings. The van der Waals surface area contributed by atoms with E-state index in [2.05, 4.69) is 127 Å². The van der Waals surface area contributed by atoms with E-state index in [9.17, 15) is 0 Å². The number of hydrogen-bond donors (Lipinski definition) is 0. The van der Waals surface area contributed by atoms with Crippen molar-refractivity contribution in [1.82, 2.24) is 0 Å². The Balaban J connectivity index is 0.00000216. The quantitative estimate of drug-likeness (QED) is 0.209. The van der Waals surface area contributed by atoms with Gasteiger partial charge in [-0.25, -0.2) is 0 Å². The molecule has 0 saturated heterocycles. The van der Waals surface area contributed by atoms with Crippen molar-refractivity contribution in [2.75, 3.05) is 0 Å². The first kappa shape index (κ1) is 21.5. The molecule has 32 heavy (non-hydrogen) atoms. The van der Waals surface area contributed by atoms with Gasteiger partial charge in [-0.1, -0.05) is 0 Å². The fourth-order valence-electron chi connectivity index (χ4n) is 4.77. The van der Waals surface area contributed by atoms with Gasteiger partial charge in [0.1, 0.15) is 0 Å². The van der Waals surface area contributed by atoms with Crippen LogP contribution in [0.15, 0.2) is 127 Å². The standard InChI is InChI=1S/3C10H7.HI.Sn/c3*1-2-6-10-8-4-3-7-9(10)5-1;;/h3*1-7H;1H;/q;;;;+1/p-1. The Hall–Kier alpha value is -2.37. The van der Waals surface area contributed by atoms with Crippen molar-refractivity contribution in [2.45, 2.75) is 0 Å². The van der Waals surface area contributed by atoms with Gasteiger partial charge in [-0.15, -0.1) is 0 Å². The third-order valence-corrected chi connectivity index (χ3v) is 14.5. The molecule has 6 rings (SSSR count). The van der Waals surface area contributed by atoms with E-state index in [1.54, 1.807) is 10.7 Å². The summed E-state index contributed by atoms with van der Waals surface area (Å²) in [6, 6.07) is 47.2. The summed E-state index contributed by atoms with van der Waals surface area (Å²) >= 11 is -2.55. The summed E-state index contributed by atoms with van der Waals surface area (Å²) < 4.78 is 4.65. The van der Waals surface area contributed by atoms with E-state index in [0.29, 0.717) is 0 Å². The summed E-state index contributed by atoms with van der Waals surface area (Å²) in [5.74, 6) is 0. The number of rotatable bonds is 3. The van der Waals surface area contributed by atoms with Crippen molar-refractivity contribution in [2.24, 2.45) is 0 Å². The van der Waals surface area contributed by atoms with Gasteiger partial charge in [-0.05, 0) is 0 Å². The summed E-state index contributed by atoms with van der Waals surface area (Å²) in [6.07, 6.45) is 0. The van der Waals surface area contributed by atoms with Gasteiger partial charge in [0, 0.05) is 0 Å². The molecule has 0 nitrogen and oxygen atoms in total. The van der Waals surface area contributed by atoms with Gasteiger partial charge in [0.05, 0.1) is 0 Å². The van der Waals surface area contributed by atoms with Crippen molar-refractivity contribution >= 4 is 62.8 Å². The Labute approximate surface area is 212 Å². The average Bonchev–Trinajstić information content (AvgIpc) is 2.85. The zero-order chi connectivity index (χ0) is 20.6. The molecular weight excluding hydrogens is 606 g/mol. The molecule has 0 unspecified atom stereocenters. The third-order valence-electron chi connectivity index (χ3n) is 6.18. The monoisotopic (exact) mass is 628 g/mol. The fourth-order valence-corrected chi connectivity index (χ4v) is 13.8. The van der Waals surface area contributed by atoms with E-state index in [4.69, 9.17) is 0 Å². The van der Waals surface area contributed by atoms with E-state index in [0.717, 1.165) is 0 Å². The molecule has 0 N–H and O–H groups in total. The number of halogens is 1. The Bertz CT molecular complexity index is 1350. The SMILES string of the molecule is [I-].c1ccc2[c]([Sn+]([c]3cccc4ccccc34)[c]3cccc4ccccc34)cccc2c1. The van der Waals surface area contributed by atoms with Crippen LogP contribution >= 0.6 is 0 Å².